The lowest BCUT2D eigenvalue weighted by atomic mass is 9.89. The van der Waals surface area contributed by atoms with Crippen LogP contribution in [0, 0.1) is 11.7 Å². The zero-order valence-corrected chi connectivity index (χ0v) is 11.3. The van der Waals surface area contributed by atoms with Crippen LogP contribution in [-0.2, 0) is 11.2 Å². The summed E-state index contributed by atoms with van der Waals surface area (Å²) in [4.78, 5) is 13.3. The maximum atomic E-state index is 12.8. The fourth-order valence-electron chi connectivity index (χ4n) is 2.68. The number of primary amides is 1. The van der Waals surface area contributed by atoms with Gasteiger partial charge in [0.1, 0.15) is 5.82 Å². The van der Waals surface area contributed by atoms with Crippen molar-refractivity contribution in [3.63, 3.8) is 0 Å². The molecule has 4 heteroatoms. The number of hydrogen-bond acceptors (Lipinski definition) is 2. The smallest absolute Gasteiger partial charge is 0.234 e. The van der Waals surface area contributed by atoms with E-state index in [1.807, 2.05) is 19.1 Å². The first-order chi connectivity index (χ1) is 9.06. The molecule has 2 N–H and O–H groups in total. The van der Waals surface area contributed by atoms with Gasteiger partial charge in [-0.25, -0.2) is 4.39 Å². The number of carbonyl (C=O) groups excluding carboxylic acids is 1. The Morgan fingerprint density at radius 2 is 1.95 bits per heavy atom. The number of likely N-dealkylation sites (tertiary alicyclic amines) is 1. The van der Waals surface area contributed by atoms with Crippen LogP contribution in [-0.4, -0.2) is 29.9 Å². The number of nitrogens with zero attached hydrogens (tertiary/aromatic N) is 1. The quantitative estimate of drug-likeness (QED) is 0.903. The Labute approximate surface area is 113 Å². The normalized spacial score (nSPS) is 19.3. The van der Waals surface area contributed by atoms with Gasteiger partial charge in [-0.3, -0.25) is 9.69 Å². The van der Waals surface area contributed by atoms with Gasteiger partial charge < -0.3 is 5.73 Å². The van der Waals surface area contributed by atoms with E-state index < -0.39 is 0 Å². The second kappa shape index (κ2) is 6.15. The van der Waals surface area contributed by atoms with Crippen molar-refractivity contribution in [3.8, 4) is 0 Å². The molecule has 1 amide bonds. The van der Waals surface area contributed by atoms with Crippen molar-refractivity contribution in [1.82, 2.24) is 4.90 Å². The highest BCUT2D eigenvalue weighted by Gasteiger charge is 2.25. The van der Waals surface area contributed by atoms with E-state index in [4.69, 9.17) is 5.73 Å². The molecule has 0 saturated carbocycles. The minimum absolute atomic E-state index is 0.174. The second-order valence-electron chi connectivity index (χ2n) is 5.39. The van der Waals surface area contributed by atoms with E-state index in [2.05, 4.69) is 4.90 Å². The number of hydrogen-bond donors (Lipinski definition) is 1. The van der Waals surface area contributed by atoms with Crippen molar-refractivity contribution < 1.29 is 9.18 Å². The number of nitrogens with two attached hydrogens (primary N) is 1. The molecule has 1 fully saturated rings. The van der Waals surface area contributed by atoms with Crippen molar-refractivity contribution in [2.45, 2.75) is 32.2 Å². The van der Waals surface area contributed by atoms with Crippen LogP contribution in [0.1, 0.15) is 25.3 Å². The molecule has 3 nitrogen and oxygen atoms in total. The van der Waals surface area contributed by atoms with Gasteiger partial charge in [0.25, 0.3) is 0 Å². The van der Waals surface area contributed by atoms with Crippen LogP contribution in [0.2, 0.25) is 0 Å². The molecule has 1 heterocycles. The Balaban J connectivity index is 1.83. The molecule has 1 aromatic carbocycles. The molecule has 1 aliphatic rings. The van der Waals surface area contributed by atoms with Gasteiger partial charge in [-0.1, -0.05) is 12.1 Å². The van der Waals surface area contributed by atoms with E-state index in [0.29, 0.717) is 5.92 Å². The first kappa shape index (κ1) is 14.0. The monoisotopic (exact) mass is 264 g/mol. The topological polar surface area (TPSA) is 46.3 Å². The van der Waals surface area contributed by atoms with Crippen molar-refractivity contribution in [3.05, 3.63) is 35.6 Å². The highest BCUT2D eigenvalue weighted by atomic mass is 19.1. The Morgan fingerprint density at radius 3 is 2.47 bits per heavy atom. The van der Waals surface area contributed by atoms with E-state index in [1.54, 1.807) is 0 Å². The average Bonchev–Trinajstić information content (AvgIpc) is 2.41. The fraction of sp³-hybridized carbons (Fsp3) is 0.533. The molecule has 104 valence electrons. The maximum absolute atomic E-state index is 12.8. The van der Waals surface area contributed by atoms with Crippen molar-refractivity contribution in [2.24, 2.45) is 11.7 Å². The van der Waals surface area contributed by atoms with E-state index in [9.17, 15) is 9.18 Å². The van der Waals surface area contributed by atoms with Crippen molar-refractivity contribution in [2.75, 3.05) is 13.1 Å². The largest absolute Gasteiger partial charge is 0.368 e. The first-order valence-electron chi connectivity index (χ1n) is 6.84. The molecule has 1 aromatic rings. The van der Waals surface area contributed by atoms with Gasteiger partial charge >= 0.3 is 0 Å². The molecule has 0 spiro atoms. The van der Waals surface area contributed by atoms with Crippen LogP contribution in [0.25, 0.3) is 0 Å². The van der Waals surface area contributed by atoms with Crippen LogP contribution < -0.4 is 5.73 Å². The molecule has 2 rings (SSSR count). The van der Waals surface area contributed by atoms with Crippen LogP contribution in [0.15, 0.2) is 24.3 Å². The summed E-state index contributed by atoms with van der Waals surface area (Å²) in [5.41, 5.74) is 6.51. The molecular formula is C15H21FN2O. The third-order valence-corrected chi connectivity index (χ3v) is 4.05. The minimum atomic E-state index is -0.253. The highest BCUT2D eigenvalue weighted by Crippen LogP contribution is 2.23. The molecule has 0 aromatic heterocycles. The van der Waals surface area contributed by atoms with Crippen molar-refractivity contribution >= 4 is 5.91 Å². The summed E-state index contributed by atoms with van der Waals surface area (Å²) in [5.74, 6) is 0.174. The second-order valence-corrected chi connectivity index (χ2v) is 5.39. The summed E-state index contributed by atoms with van der Waals surface area (Å²) in [5, 5.41) is 0. The number of halogens is 1. The van der Waals surface area contributed by atoms with Crippen LogP contribution in [0.4, 0.5) is 4.39 Å². The molecule has 0 bridgehead atoms. The Morgan fingerprint density at radius 1 is 1.37 bits per heavy atom. The van der Waals surface area contributed by atoms with Gasteiger partial charge in [0.15, 0.2) is 0 Å². The van der Waals surface area contributed by atoms with Crippen molar-refractivity contribution in [1.29, 1.82) is 0 Å². The minimum Gasteiger partial charge on any atom is -0.368 e. The summed E-state index contributed by atoms with van der Waals surface area (Å²) in [6.45, 7) is 3.69. The van der Waals surface area contributed by atoms with E-state index in [0.717, 1.165) is 32.4 Å². The number of amides is 1. The molecule has 0 radical (unpaired) electrons. The first-order valence-corrected chi connectivity index (χ1v) is 6.84. The maximum Gasteiger partial charge on any atom is 0.234 e. The lowest BCUT2D eigenvalue weighted by Gasteiger charge is -2.34. The summed E-state index contributed by atoms with van der Waals surface area (Å²) >= 11 is 0. The van der Waals surface area contributed by atoms with Gasteiger partial charge in [-0.2, -0.15) is 0 Å². The summed E-state index contributed by atoms with van der Waals surface area (Å²) in [7, 11) is 0. The standard InChI is InChI=1S/C15H21FN2O/c1-11(15(17)19)18-8-6-13(7-9-18)10-12-2-4-14(16)5-3-12/h2-5,11,13H,6-10H2,1H3,(H2,17,19)/t11-/m0/s1. The zero-order valence-electron chi connectivity index (χ0n) is 11.3. The number of carbonyl (C=O) groups is 1. The Bertz CT molecular complexity index is 424. The Kier molecular flexibility index (Phi) is 4.53. The van der Waals surface area contributed by atoms with E-state index >= 15 is 0 Å². The molecule has 19 heavy (non-hydrogen) atoms. The van der Waals surface area contributed by atoms with Gasteiger partial charge in [0.2, 0.25) is 5.91 Å². The van der Waals surface area contributed by atoms with Crippen LogP contribution >= 0.6 is 0 Å². The Hall–Kier alpha value is -1.42. The van der Waals surface area contributed by atoms with Gasteiger partial charge in [0.05, 0.1) is 6.04 Å². The highest BCUT2D eigenvalue weighted by molar-refractivity contribution is 5.79. The number of piperidine rings is 1. The zero-order chi connectivity index (χ0) is 13.8. The number of benzene rings is 1. The van der Waals surface area contributed by atoms with Gasteiger partial charge in [-0.05, 0) is 62.9 Å². The van der Waals surface area contributed by atoms with E-state index in [-0.39, 0.29) is 17.8 Å². The van der Waals surface area contributed by atoms with Crippen LogP contribution in [0.3, 0.4) is 0 Å². The summed E-state index contributed by atoms with van der Waals surface area (Å²) < 4.78 is 12.8. The molecular weight excluding hydrogens is 243 g/mol. The number of rotatable bonds is 4. The SMILES string of the molecule is C[C@@H](C(N)=O)N1CCC(Cc2ccc(F)cc2)CC1. The van der Waals surface area contributed by atoms with Gasteiger partial charge in [-0.15, -0.1) is 0 Å². The fourth-order valence-corrected chi connectivity index (χ4v) is 2.68. The predicted molar refractivity (Wildman–Crippen MR) is 73.1 cm³/mol. The third kappa shape index (κ3) is 3.77. The molecule has 1 aliphatic heterocycles. The molecule has 1 saturated heterocycles. The molecule has 0 unspecified atom stereocenters. The lowest BCUT2D eigenvalue weighted by Crippen LogP contribution is -2.46. The van der Waals surface area contributed by atoms with E-state index in [1.165, 1.54) is 17.7 Å². The molecule has 1 atom stereocenters. The lowest BCUT2D eigenvalue weighted by molar-refractivity contribution is -0.123. The predicted octanol–water partition coefficient (Wildman–Crippen LogP) is 1.95. The third-order valence-electron chi connectivity index (χ3n) is 4.05. The summed E-state index contributed by atoms with van der Waals surface area (Å²) in [6.07, 6.45) is 3.11. The van der Waals surface area contributed by atoms with Gasteiger partial charge in [0, 0.05) is 0 Å². The van der Waals surface area contributed by atoms with Crippen LogP contribution in [0.5, 0.6) is 0 Å². The summed E-state index contributed by atoms with van der Waals surface area (Å²) in [6, 6.07) is 6.56. The average molecular weight is 264 g/mol. The molecule has 0 aliphatic carbocycles.